The summed E-state index contributed by atoms with van der Waals surface area (Å²) in [5.74, 6) is -0.128. The van der Waals surface area contributed by atoms with Crippen LogP contribution >= 0.6 is 0 Å². The van der Waals surface area contributed by atoms with Crippen LogP contribution in [0.4, 0.5) is 4.39 Å². The van der Waals surface area contributed by atoms with Crippen molar-refractivity contribution in [2.24, 2.45) is 0 Å². The van der Waals surface area contributed by atoms with Crippen LogP contribution in [0.25, 0.3) is 11.0 Å². The molecule has 0 unspecified atom stereocenters. The van der Waals surface area contributed by atoms with Crippen LogP contribution in [0.2, 0.25) is 0 Å². The maximum absolute atomic E-state index is 13.6. The van der Waals surface area contributed by atoms with E-state index in [2.05, 4.69) is 10.3 Å². The molecule has 0 N–H and O–H groups in total. The van der Waals surface area contributed by atoms with Crippen LogP contribution in [0.15, 0.2) is 42.5 Å². The molecule has 2 aromatic carbocycles. The van der Waals surface area contributed by atoms with Crippen molar-refractivity contribution in [3.05, 3.63) is 53.8 Å². The second kappa shape index (κ2) is 4.68. The van der Waals surface area contributed by atoms with Gasteiger partial charge in [0.2, 0.25) is 0 Å². The monoisotopic (exact) mass is 257 g/mol. The van der Waals surface area contributed by atoms with E-state index in [0.717, 1.165) is 16.6 Å². The molecule has 0 aliphatic carbocycles. The Kier molecular flexibility index (Phi) is 2.87. The minimum atomic E-state index is -0.371. The minimum absolute atomic E-state index is 0.243. The summed E-state index contributed by atoms with van der Waals surface area (Å²) >= 11 is 0. The molecule has 0 atom stereocenters. The Morgan fingerprint density at radius 1 is 1.21 bits per heavy atom. The maximum Gasteiger partial charge on any atom is 0.165 e. The second-order valence-electron chi connectivity index (χ2n) is 4.20. The summed E-state index contributed by atoms with van der Waals surface area (Å²) in [4.78, 5) is 0. The summed E-state index contributed by atoms with van der Waals surface area (Å²) in [6.45, 7) is 0.474. The zero-order valence-corrected chi connectivity index (χ0v) is 10.4. The first-order chi connectivity index (χ1) is 9.28. The van der Waals surface area contributed by atoms with Gasteiger partial charge in [0.1, 0.15) is 5.52 Å². The lowest BCUT2D eigenvalue weighted by atomic mass is 10.2. The van der Waals surface area contributed by atoms with Gasteiger partial charge in [-0.25, -0.2) is 9.07 Å². The smallest absolute Gasteiger partial charge is 0.165 e. The predicted molar refractivity (Wildman–Crippen MR) is 69.6 cm³/mol. The van der Waals surface area contributed by atoms with E-state index in [1.54, 1.807) is 10.7 Å². The molecule has 1 heterocycles. The molecule has 1 aromatic heterocycles. The predicted octanol–water partition coefficient (Wildman–Crippen LogP) is 2.63. The van der Waals surface area contributed by atoms with Crippen LogP contribution in [0.5, 0.6) is 5.75 Å². The van der Waals surface area contributed by atoms with Crippen molar-refractivity contribution in [2.45, 2.75) is 6.54 Å². The van der Waals surface area contributed by atoms with E-state index < -0.39 is 0 Å². The zero-order chi connectivity index (χ0) is 13.2. The first-order valence-corrected chi connectivity index (χ1v) is 5.88. The van der Waals surface area contributed by atoms with Gasteiger partial charge in [0, 0.05) is 0 Å². The van der Waals surface area contributed by atoms with Crippen molar-refractivity contribution in [3.8, 4) is 5.75 Å². The highest BCUT2D eigenvalue weighted by molar-refractivity contribution is 5.73. The fourth-order valence-corrected chi connectivity index (χ4v) is 2.02. The number of rotatable bonds is 3. The van der Waals surface area contributed by atoms with E-state index in [-0.39, 0.29) is 11.6 Å². The largest absolute Gasteiger partial charge is 0.494 e. The van der Waals surface area contributed by atoms with Gasteiger partial charge in [0.25, 0.3) is 0 Å². The van der Waals surface area contributed by atoms with E-state index in [1.165, 1.54) is 13.2 Å². The third-order valence-electron chi connectivity index (χ3n) is 2.97. The molecule has 0 amide bonds. The molecule has 3 aromatic rings. The van der Waals surface area contributed by atoms with Gasteiger partial charge >= 0.3 is 0 Å². The summed E-state index contributed by atoms with van der Waals surface area (Å²) in [5, 5.41) is 8.14. The number of para-hydroxylation sites is 1. The molecule has 0 radical (unpaired) electrons. The van der Waals surface area contributed by atoms with Crippen molar-refractivity contribution in [1.82, 2.24) is 15.0 Å². The molecular formula is C14H12FN3O. The molecule has 0 fully saturated rings. The van der Waals surface area contributed by atoms with E-state index in [4.69, 9.17) is 4.74 Å². The molecule has 0 aliphatic heterocycles. The molecule has 5 heteroatoms. The number of benzene rings is 2. The SMILES string of the molecule is COc1ccc(Cn2nnc3ccccc32)cc1F. The Balaban J connectivity index is 1.95. The van der Waals surface area contributed by atoms with Gasteiger partial charge in [0.15, 0.2) is 11.6 Å². The molecule has 4 nitrogen and oxygen atoms in total. The van der Waals surface area contributed by atoms with E-state index >= 15 is 0 Å². The highest BCUT2D eigenvalue weighted by Gasteiger charge is 2.07. The third kappa shape index (κ3) is 2.14. The number of hydrogen-bond acceptors (Lipinski definition) is 3. The standard InChI is InChI=1S/C14H12FN3O/c1-19-14-7-6-10(8-11(14)15)9-18-13-5-3-2-4-12(13)16-17-18/h2-8H,9H2,1H3. The van der Waals surface area contributed by atoms with Gasteiger partial charge in [-0.1, -0.05) is 23.4 Å². The first kappa shape index (κ1) is 11.6. The quantitative estimate of drug-likeness (QED) is 0.724. The Bertz CT molecular complexity index is 724. The third-order valence-corrected chi connectivity index (χ3v) is 2.97. The van der Waals surface area contributed by atoms with Crippen LogP contribution in [-0.2, 0) is 6.54 Å². The Labute approximate surface area is 109 Å². The van der Waals surface area contributed by atoms with Crippen molar-refractivity contribution in [3.63, 3.8) is 0 Å². The number of nitrogens with zero attached hydrogens (tertiary/aromatic N) is 3. The number of methoxy groups -OCH3 is 1. The van der Waals surface area contributed by atoms with Crippen LogP contribution in [-0.4, -0.2) is 22.1 Å². The number of aromatic nitrogens is 3. The number of halogens is 1. The average Bonchev–Trinajstić information content (AvgIpc) is 2.83. The summed E-state index contributed by atoms with van der Waals surface area (Å²) in [5.41, 5.74) is 2.57. The van der Waals surface area contributed by atoms with Crippen molar-refractivity contribution in [1.29, 1.82) is 0 Å². The number of fused-ring (bicyclic) bond motifs is 1. The van der Waals surface area contributed by atoms with E-state index in [1.807, 2.05) is 30.3 Å². The lowest BCUT2D eigenvalue weighted by molar-refractivity contribution is 0.386. The van der Waals surface area contributed by atoms with Gasteiger partial charge in [-0.15, -0.1) is 5.10 Å². The topological polar surface area (TPSA) is 39.9 Å². The fourth-order valence-electron chi connectivity index (χ4n) is 2.02. The lowest BCUT2D eigenvalue weighted by Gasteiger charge is -2.05. The Morgan fingerprint density at radius 2 is 2.05 bits per heavy atom. The highest BCUT2D eigenvalue weighted by atomic mass is 19.1. The highest BCUT2D eigenvalue weighted by Crippen LogP contribution is 2.19. The first-order valence-electron chi connectivity index (χ1n) is 5.88. The van der Waals surface area contributed by atoms with Crippen LogP contribution in [0.1, 0.15) is 5.56 Å². The molecule has 0 bridgehead atoms. The Hall–Kier alpha value is -2.43. The molecule has 0 saturated heterocycles. The zero-order valence-electron chi connectivity index (χ0n) is 10.4. The van der Waals surface area contributed by atoms with Gasteiger partial charge in [-0.2, -0.15) is 0 Å². The summed E-state index contributed by atoms with van der Waals surface area (Å²) < 4.78 is 20.3. The molecule has 0 spiro atoms. The summed E-state index contributed by atoms with van der Waals surface area (Å²) in [6, 6.07) is 12.6. The van der Waals surface area contributed by atoms with Crippen LogP contribution in [0.3, 0.4) is 0 Å². The molecule has 0 saturated carbocycles. The van der Waals surface area contributed by atoms with Gasteiger partial charge in [-0.05, 0) is 29.8 Å². The molecule has 96 valence electrons. The van der Waals surface area contributed by atoms with Gasteiger partial charge < -0.3 is 4.74 Å². The van der Waals surface area contributed by atoms with E-state index in [9.17, 15) is 4.39 Å². The van der Waals surface area contributed by atoms with Crippen LogP contribution < -0.4 is 4.74 Å². The lowest BCUT2D eigenvalue weighted by Crippen LogP contribution is -2.02. The molecular weight excluding hydrogens is 245 g/mol. The van der Waals surface area contributed by atoms with Crippen molar-refractivity contribution in [2.75, 3.05) is 7.11 Å². The number of ether oxygens (including phenoxy) is 1. The van der Waals surface area contributed by atoms with Gasteiger partial charge in [0.05, 0.1) is 19.2 Å². The molecule has 0 aliphatic rings. The summed E-state index contributed by atoms with van der Waals surface area (Å²) in [6.07, 6.45) is 0. The van der Waals surface area contributed by atoms with Crippen molar-refractivity contribution < 1.29 is 9.13 Å². The normalized spacial score (nSPS) is 10.8. The average molecular weight is 257 g/mol. The minimum Gasteiger partial charge on any atom is -0.494 e. The van der Waals surface area contributed by atoms with Crippen molar-refractivity contribution >= 4 is 11.0 Å². The molecule has 19 heavy (non-hydrogen) atoms. The second-order valence-corrected chi connectivity index (χ2v) is 4.20. The number of hydrogen-bond donors (Lipinski definition) is 0. The molecule has 3 rings (SSSR count). The maximum atomic E-state index is 13.6. The van der Waals surface area contributed by atoms with Gasteiger partial charge in [-0.3, -0.25) is 0 Å². The Morgan fingerprint density at radius 3 is 2.84 bits per heavy atom. The summed E-state index contributed by atoms with van der Waals surface area (Å²) in [7, 11) is 1.45. The van der Waals surface area contributed by atoms with E-state index in [0.29, 0.717) is 6.54 Å². The fraction of sp³-hybridized carbons (Fsp3) is 0.143. The van der Waals surface area contributed by atoms with Crippen LogP contribution in [0, 0.1) is 5.82 Å².